The highest BCUT2D eigenvalue weighted by molar-refractivity contribution is 5.99. The lowest BCUT2D eigenvalue weighted by atomic mass is 10.1. The minimum absolute atomic E-state index is 0.00471. The highest BCUT2D eigenvalue weighted by atomic mass is 16.5. The van der Waals surface area contributed by atoms with E-state index in [9.17, 15) is 4.79 Å². The Morgan fingerprint density at radius 2 is 1.96 bits per heavy atom. The van der Waals surface area contributed by atoms with E-state index in [1.165, 1.54) is 11.1 Å². The molecule has 3 heterocycles. The SMILES string of the molecule is Cc1cc(C)c2cc(C(=O)NCC(c3ccc(C)o3)N3CCOCC3)[nH]c2c1. The van der Waals surface area contributed by atoms with E-state index in [1.54, 1.807) is 0 Å². The van der Waals surface area contributed by atoms with E-state index < -0.39 is 0 Å². The van der Waals surface area contributed by atoms with Gasteiger partial charge in [0.2, 0.25) is 0 Å². The summed E-state index contributed by atoms with van der Waals surface area (Å²) in [7, 11) is 0. The van der Waals surface area contributed by atoms with Crippen LogP contribution in [0.3, 0.4) is 0 Å². The highest BCUT2D eigenvalue weighted by Crippen LogP contribution is 2.24. The van der Waals surface area contributed by atoms with Gasteiger partial charge in [0.1, 0.15) is 17.2 Å². The number of aryl methyl sites for hydroxylation is 3. The molecule has 1 atom stereocenters. The van der Waals surface area contributed by atoms with Gasteiger partial charge in [0, 0.05) is 30.5 Å². The fraction of sp³-hybridized carbons (Fsp3) is 0.409. The second-order valence-electron chi connectivity index (χ2n) is 7.55. The zero-order valence-electron chi connectivity index (χ0n) is 16.7. The first-order valence-electron chi connectivity index (χ1n) is 9.77. The van der Waals surface area contributed by atoms with E-state index in [1.807, 2.05) is 25.1 Å². The number of morpholine rings is 1. The Balaban J connectivity index is 1.51. The first-order chi connectivity index (χ1) is 13.5. The van der Waals surface area contributed by atoms with Gasteiger partial charge < -0.3 is 19.5 Å². The number of nitrogens with one attached hydrogen (secondary N) is 2. The first-order valence-corrected chi connectivity index (χ1v) is 9.77. The van der Waals surface area contributed by atoms with E-state index >= 15 is 0 Å². The number of hydrogen-bond donors (Lipinski definition) is 2. The summed E-state index contributed by atoms with van der Waals surface area (Å²) >= 11 is 0. The molecule has 1 aliphatic heterocycles. The lowest BCUT2D eigenvalue weighted by molar-refractivity contribution is 0.0117. The largest absolute Gasteiger partial charge is 0.465 e. The maximum atomic E-state index is 12.8. The average molecular weight is 381 g/mol. The van der Waals surface area contributed by atoms with Crippen molar-refractivity contribution in [2.45, 2.75) is 26.8 Å². The van der Waals surface area contributed by atoms with Gasteiger partial charge in [0.15, 0.2) is 0 Å². The summed E-state index contributed by atoms with van der Waals surface area (Å²) in [5.74, 6) is 1.65. The quantitative estimate of drug-likeness (QED) is 0.710. The monoisotopic (exact) mass is 381 g/mol. The summed E-state index contributed by atoms with van der Waals surface area (Å²) in [6.07, 6.45) is 0. The zero-order chi connectivity index (χ0) is 19.7. The lowest BCUT2D eigenvalue weighted by Gasteiger charge is -2.33. The molecule has 1 amide bonds. The Kier molecular flexibility index (Phi) is 5.24. The van der Waals surface area contributed by atoms with E-state index in [0.717, 1.165) is 35.5 Å². The molecule has 4 rings (SSSR count). The lowest BCUT2D eigenvalue weighted by Crippen LogP contribution is -2.43. The third kappa shape index (κ3) is 3.84. The maximum absolute atomic E-state index is 12.8. The highest BCUT2D eigenvalue weighted by Gasteiger charge is 2.26. The van der Waals surface area contributed by atoms with Crippen molar-refractivity contribution in [2.24, 2.45) is 0 Å². The normalized spacial score (nSPS) is 16.4. The molecule has 6 nitrogen and oxygen atoms in total. The number of aromatic nitrogens is 1. The van der Waals surface area contributed by atoms with Gasteiger partial charge in [-0.3, -0.25) is 9.69 Å². The molecule has 0 aliphatic carbocycles. The van der Waals surface area contributed by atoms with Gasteiger partial charge in [-0.15, -0.1) is 0 Å². The number of fused-ring (bicyclic) bond motifs is 1. The molecule has 2 N–H and O–H groups in total. The van der Waals surface area contributed by atoms with Gasteiger partial charge in [0.05, 0.1) is 19.3 Å². The molecule has 1 fully saturated rings. The molecule has 6 heteroatoms. The Bertz CT molecular complexity index is 982. The number of benzene rings is 1. The summed E-state index contributed by atoms with van der Waals surface area (Å²) < 4.78 is 11.3. The predicted octanol–water partition coefficient (Wildman–Crippen LogP) is 3.49. The molecule has 1 aromatic carbocycles. The molecule has 148 valence electrons. The Morgan fingerprint density at radius 1 is 1.18 bits per heavy atom. The smallest absolute Gasteiger partial charge is 0.267 e. The van der Waals surface area contributed by atoms with Crippen molar-refractivity contribution >= 4 is 16.8 Å². The van der Waals surface area contributed by atoms with E-state index in [0.29, 0.717) is 25.5 Å². The van der Waals surface area contributed by atoms with Gasteiger partial charge in [-0.05, 0) is 56.2 Å². The summed E-state index contributed by atoms with van der Waals surface area (Å²) in [6, 6.07) is 10.1. The van der Waals surface area contributed by atoms with Crippen LogP contribution in [0.25, 0.3) is 10.9 Å². The minimum atomic E-state index is -0.102. The molecule has 0 radical (unpaired) electrons. The van der Waals surface area contributed by atoms with Crippen LogP contribution >= 0.6 is 0 Å². The number of hydrogen-bond acceptors (Lipinski definition) is 4. The Morgan fingerprint density at radius 3 is 2.68 bits per heavy atom. The fourth-order valence-electron chi connectivity index (χ4n) is 3.94. The molecule has 3 aromatic rings. The Labute approximate surface area is 164 Å². The average Bonchev–Trinajstić information content (AvgIpc) is 3.29. The molecule has 0 spiro atoms. The first kappa shape index (κ1) is 18.8. The van der Waals surface area contributed by atoms with E-state index in [2.05, 4.69) is 41.2 Å². The zero-order valence-corrected chi connectivity index (χ0v) is 16.7. The van der Waals surface area contributed by atoms with Crippen molar-refractivity contribution in [3.63, 3.8) is 0 Å². The number of amides is 1. The van der Waals surface area contributed by atoms with Crippen LogP contribution in [0.1, 0.15) is 39.2 Å². The van der Waals surface area contributed by atoms with Crippen LogP contribution in [-0.4, -0.2) is 48.6 Å². The molecule has 1 unspecified atom stereocenters. The van der Waals surface area contributed by atoms with Crippen molar-refractivity contribution in [1.82, 2.24) is 15.2 Å². The Hall–Kier alpha value is -2.57. The van der Waals surface area contributed by atoms with Crippen molar-refractivity contribution < 1.29 is 13.9 Å². The van der Waals surface area contributed by atoms with Crippen LogP contribution in [0.5, 0.6) is 0 Å². The standard InChI is InChI=1S/C22H27N3O3/c1-14-10-15(2)17-12-19(24-18(17)11-14)22(26)23-13-20(21-5-4-16(3)28-21)25-6-8-27-9-7-25/h4-5,10-12,20,24H,6-9,13H2,1-3H3,(H,23,26). The molecule has 2 aromatic heterocycles. The van der Waals surface area contributed by atoms with E-state index in [-0.39, 0.29) is 11.9 Å². The molecule has 0 bridgehead atoms. The van der Waals surface area contributed by atoms with Crippen LogP contribution in [0.4, 0.5) is 0 Å². The fourth-order valence-corrected chi connectivity index (χ4v) is 3.94. The van der Waals surface area contributed by atoms with E-state index in [4.69, 9.17) is 9.15 Å². The summed E-state index contributed by atoms with van der Waals surface area (Å²) in [5.41, 5.74) is 3.93. The van der Waals surface area contributed by atoms with Crippen LogP contribution < -0.4 is 5.32 Å². The topological polar surface area (TPSA) is 70.5 Å². The number of nitrogens with zero attached hydrogens (tertiary/aromatic N) is 1. The van der Waals surface area contributed by atoms with Crippen LogP contribution in [0, 0.1) is 20.8 Å². The number of furan rings is 1. The number of rotatable bonds is 5. The van der Waals surface area contributed by atoms with Crippen LogP contribution in [0.15, 0.2) is 34.7 Å². The summed E-state index contributed by atoms with van der Waals surface area (Å²) in [5, 5.41) is 4.17. The predicted molar refractivity (Wildman–Crippen MR) is 109 cm³/mol. The number of ether oxygens (including phenoxy) is 1. The molecule has 28 heavy (non-hydrogen) atoms. The summed E-state index contributed by atoms with van der Waals surface area (Å²) in [4.78, 5) is 18.4. The van der Waals surface area contributed by atoms with Crippen molar-refractivity contribution in [1.29, 1.82) is 0 Å². The number of H-pyrrole nitrogens is 1. The van der Waals surface area contributed by atoms with Gasteiger partial charge in [-0.25, -0.2) is 0 Å². The minimum Gasteiger partial charge on any atom is -0.465 e. The number of carbonyl (C=O) groups is 1. The summed E-state index contributed by atoms with van der Waals surface area (Å²) in [6.45, 7) is 9.60. The second kappa shape index (κ2) is 7.81. The number of aromatic amines is 1. The van der Waals surface area contributed by atoms with Gasteiger partial charge >= 0.3 is 0 Å². The third-order valence-corrected chi connectivity index (χ3v) is 5.37. The maximum Gasteiger partial charge on any atom is 0.267 e. The van der Waals surface area contributed by atoms with Gasteiger partial charge in [-0.2, -0.15) is 0 Å². The van der Waals surface area contributed by atoms with Crippen LogP contribution in [0.2, 0.25) is 0 Å². The van der Waals surface area contributed by atoms with Gasteiger partial charge in [-0.1, -0.05) is 6.07 Å². The molecule has 1 aliphatic rings. The molecule has 0 saturated carbocycles. The molecular weight excluding hydrogens is 354 g/mol. The second-order valence-corrected chi connectivity index (χ2v) is 7.55. The molecular formula is C22H27N3O3. The van der Waals surface area contributed by atoms with Crippen molar-refractivity contribution in [3.8, 4) is 0 Å². The third-order valence-electron chi connectivity index (χ3n) is 5.37. The van der Waals surface area contributed by atoms with Crippen molar-refractivity contribution in [2.75, 3.05) is 32.8 Å². The number of carbonyl (C=O) groups excluding carboxylic acids is 1. The van der Waals surface area contributed by atoms with Gasteiger partial charge in [0.25, 0.3) is 5.91 Å². The van der Waals surface area contributed by atoms with Crippen LogP contribution in [-0.2, 0) is 4.74 Å². The van der Waals surface area contributed by atoms with Crippen molar-refractivity contribution in [3.05, 3.63) is 58.7 Å². The molecule has 1 saturated heterocycles.